The van der Waals surface area contributed by atoms with Gasteiger partial charge in [-0.25, -0.2) is 4.98 Å². The van der Waals surface area contributed by atoms with Crippen molar-refractivity contribution in [1.82, 2.24) is 9.97 Å². The second-order valence-corrected chi connectivity index (χ2v) is 6.84. The molecule has 1 aromatic heterocycles. The Bertz CT molecular complexity index is 914. The van der Waals surface area contributed by atoms with E-state index >= 15 is 0 Å². The number of amides is 1. The molecular formula is C17H15Cl2N3O2S. The SMILES string of the molecule is CCOc1ccc2nc(SCC(=O)Nc3cccc(Cl)c3Cl)[nH]c2c1. The van der Waals surface area contributed by atoms with Gasteiger partial charge in [0.2, 0.25) is 5.91 Å². The van der Waals surface area contributed by atoms with Crippen molar-refractivity contribution in [3.8, 4) is 5.75 Å². The first-order chi connectivity index (χ1) is 12.1. The van der Waals surface area contributed by atoms with Crippen LogP contribution in [0.2, 0.25) is 10.0 Å². The minimum absolute atomic E-state index is 0.190. The van der Waals surface area contributed by atoms with E-state index in [1.165, 1.54) is 11.8 Å². The number of carbonyl (C=O) groups excluding carboxylic acids is 1. The molecule has 0 saturated heterocycles. The van der Waals surface area contributed by atoms with Gasteiger partial charge < -0.3 is 15.0 Å². The highest BCUT2D eigenvalue weighted by Gasteiger charge is 2.11. The van der Waals surface area contributed by atoms with Crippen LogP contribution in [-0.4, -0.2) is 28.2 Å². The molecule has 8 heteroatoms. The highest BCUT2D eigenvalue weighted by Crippen LogP contribution is 2.30. The molecule has 0 fully saturated rings. The topological polar surface area (TPSA) is 67.0 Å². The number of hydrogen-bond acceptors (Lipinski definition) is 4. The van der Waals surface area contributed by atoms with Crippen molar-refractivity contribution in [2.75, 3.05) is 17.7 Å². The standard InChI is InChI=1S/C17H15Cl2N3O2S/c1-2-24-10-6-7-12-14(8-10)22-17(21-12)25-9-15(23)20-13-5-3-4-11(18)16(13)19/h3-8H,2,9H2,1H3,(H,20,23)(H,21,22). The molecule has 0 aliphatic heterocycles. The number of H-pyrrole nitrogens is 1. The van der Waals surface area contributed by atoms with Gasteiger partial charge in [0.15, 0.2) is 5.16 Å². The Morgan fingerprint density at radius 1 is 1.32 bits per heavy atom. The fourth-order valence-corrected chi connectivity index (χ4v) is 3.24. The van der Waals surface area contributed by atoms with Crippen LogP contribution in [0, 0.1) is 0 Å². The van der Waals surface area contributed by atoms with Crippen LogP contribution < -0.4 is 10.1 Å². The molecule has 130 valence electrons. The first-order valence-corrected chi connectivity index (χ1v) is 9.30. The number of aromatic nitrogens is 2. The van der Waals surface area contributed by atoms with Crippen LogP contribution >= 0.6 is 35.0 Å². The van der Waals surface area contributed by atoms with Gasteiger partial charge in [0.05, 0.1) is 39.1 Å². The predicted octanol–water partition coefficient (Wildman–Crippen LogP) is 5.00. The number of thioether (sulfide) groups is 1. The average Bonchev–Trinajstić information content (AvgIpc) is 3.00. The number of halogens is 2. The highest BCUT2D eigenvalue weighted by atomic mass is 35.5. The fraction of sp³-hybridized carbons (Fsp3) is 0.176. The number of nitrogens with one attached hydrogen (secondary N) is 2. The quantitative estimate of drug-likeness (QED) is 0.576. The van der Waals surface area contributed by atoms with E-state index in [0.29, 0.717) is 27.5 Å². The first-order valence-electron chi connectivity index (χ1n) is 7.56. The molecule has 0 radical (unpaired) electrons. The van der Waals surface area contributed by atoms with Crippen LogP contribution in [0.15, 0.2) is 41.6 Å². The summed E-state index contributed by atoms with van der Waals surface area (Å²) >= 11 is 13.3. The third-order valence-electron chi connectivity index (χ3n) is 3.31. The Morgan fingerprint density at radius 3 is 2.96 bits per heavy atom. The number of ether oxygens (including phenoxy) is 1. The molecule has 0 atom stereocenters. The van der Waals surface area contributed by atoms with Gasteiger partial charge in [-0.05, 0) is 31.2 Å². The number of rotatable bonds is 6. The number of fused-ring (bicyclic) bond motifs is 1. The lowest BCUT2D eigenvalue weighted by molar-refractivity contribution is -0.113. The zero-order valence-electron chi connectivity index (χ0n) is 13.3. The molecule has 0 bridgehead atoms. The average molecular weight is 396 g/mol. The Kier molecular flexibility index (Phi) is 5.73. The zero-order valence-corrected chi connectivity index (χ0v) is 15.6. The maximum Gasteiger partial charge on any atom is 0.234 e. The van der Waals surface area contributed by atoms with Gasteiger partial charge >= 0.3 is 0 Å². The maximum atomic E-state index is 12.1. The number of nitrogens with zero attached hydrogens (tertiary/aromatic N) is 1. The Balaban J connectivity index is 1.63. The normalized spacial score (nSPS) is 10.8. The van der Waals surface area contributed by atoms with Crippen molar-refractivity contribution in [3.05, 3.63) is 46.4 Å². The van der Waals surface area contributed by atoms with Crippen molar-refractivity contribution < 1.29 is 9.53 Å². The largest absolute Gasteiger partial charge is 0.494 e. The van der Waals surface area contributed by atoms with E-state index in [-0.39, 0.29) is 11.7 Å². The van der Waals surface area contributed by atoms with E-state index in [1.807, 2.05) is 25.1 Å². The van der Waals surface area contributed by atoms with E-state index in [2.05, 4.69) is 15.3 Å². The van der Waals surface area contributed by atoms with E-state index in [0.717, 1.165) is 16.8 Å². The van der Waals surface area contributed by atoms with Gasteiger partial charge in [-0.15, -0.1) is 0 Å². The lowest BCUT2D eigenvalue weighted by atomic mass is 10.3. The van der Waals surface area contributed by atoms with Gasteiger partial charge in [0, 0.05) is 6.07 Å². The van der Waals surface area contributed by atoms with Crippen molar-refractivity contribution in [2.24, 2.45) is 0 Å². The van der Waals surface area contributed by atoms with E-state index in [9.17, 15) is 4.79 Å². The summed E-state index contributed by atoms with van der Waals surface area (Å²) in [5, 5.41) is 4.13. The summed E-state index contributed by atoms with van der Waals surface area (Å²) in [7, 11) is 0. The number of imidazole rings is 1. The zero-order chi connectivity index (χ0) is 17.8. The van der Waals surface area contributed by atoms with Gasteiger partial charge in [-0.3, -0.25) is 4.79 Å². The number of hydrogen-bond donors (Lipinski definition) is 2. The summed E-state index contributed by atoms with van der Waals surface area (Å²) in [4.78, 5) is 19.7. The number of benzene rings is 2. The minimum Gasteiger partial charge on any atom is -0.494 e. The molecule has 0 unspecified atom stereocenters. The Morgan fingerprint density at radius 2 is 2.16 bits per heavy atom. The third kappa shape index (κ3) is 4.39. The molecule has 25 heavy (non-hydrogen) atoms. The number of carbonyl (C=O) groups is 1. The van der Waals surface area contributed by atoms with Crippen molar-refractivity contribution in [1.29, 1.82) is 0 Å². The lowest BCUT2D eigenvalue weighted by Gasteiger charge is -2.07. The molecule has 2 aromatic carbocycles. The Hall–Kier alpha value is -1.89. The fourth-order valence-electron chi connectivity index (χ4n) is 2.21. The molecule has 1 amide bonds. The molecule has 0 aliphatic carbocycles. The second-order valence-electron chi connectivity index (χ2n) is 5.09. The second kappa shape index (κ2) is 7.99. The van der Waals surface area contributed by atoms with Crippen LogP contribution in [-0.2, 0) is 4.79 Å². The first kappa shape index (κ1) is 17.9. The maximum absolute atomic E-state index is 12.1. The monoisotopic (exact) mass is 395 g/mol. The molecule has 1 heterocycles. The van der Waals surface area contributed by atoms with Gasteiger partial charge in [0.1, 0.15) is 5.75 Å². The molecule has 5 nitrogen and oxygen atoms in total. The van der Waals surface area contributed by atoms with Crippen LogP contribution in [0.4, 0.5) is 5.69 Å². The van der Waals surface area contributed by atoms with Crippen LogP contribution in [0.5, 0.6) is 5.75 Å². The number of anilines is 1. The molecule has 2 N–H and O–H groups in total. The summed E-state index contributed by atoms with van der Waals surface area (Å²) in [6.07, 6.45) is 0. The Labute approximate surface area is 159 Å². The van der Waals surface area contributed by atoms with Gasteiger partial charge in [-0.2, -0.15) is 0 Å². The van der Waals surface area contributed by atoms with E-state index in [1.54, 1.807) is 18.2 Å². The molecule has 0 saturated carbocycles. The number of aromatic amines is 1. The third-order valence-corrected chi connectivity index (χ3v) is 5.00. The summed E-state index contributed by atoms with van der Waals surface area (Å²) in [5.74, 6) is 0.786. The minimum atomic E-state index is -0.190. The van der Waals surface area contributed by atoms with Crippen molar-refractivity contribution in [2.45, 2.75) is 12.1 Å². The summed E-state index contributed by atoms with van der Waals surface area (Å²) in [5.41, 5.74) is 2.18. The van der Waals surface area contributed by atoms with E-state index < -0.39 is 0 Å². The summed E-state index contributed by atoms with van der Waals surface area (Å²) < 4.78 is 5.47. The molecule has 3 aromatic rings. The van der Waals surface area contributed by atoms with Crippen LogP contribution in [0.25, 0.3) is 11.0 Å². The molecule has 3 rings (SSSR count). The lowest BCUT2D eigenvalue weighted by Crippen LogP contribution is -2.14. The van der Waals surface area contributed by atoms with Gasteiger partial charge in [-0.1, -0.05) is 41.0 Å². The molecular weight excluding hydrogens is 381 g/mol. The predicted molar refractivity (Wildman–Crippen MR) is 103 cm³/mol. The van der Waals surface area contributed by atoms with Crippen LogP contribution in [0.1, 0.15) is 6.92 Å². The summed E-state index contributed by atoms with van der Waals surface area (Å²) in [6.45, 7) is 2.54. The van der Waals surface area contributed by atoms with Gasteiger partial charge in [0.25, 0.3) is 0 Å². The summed E-state index contributed by atoms with van der Waals surface area (Å²) in [6, 6.07) is 10.7. The molecule has 0 aliphatic rings. The van der Waals surface area contributed by atoms with Crippen molar-refractivity contribution >= 4 is 57.6 Å². The molecule has 0 spiro atoms. The van der Waals surface area contributed by atoms with Crippen molar-refractivity contribution in [3.63, 3.8) is 0 Å². The van der Waals surface area contributed by atoms with E-state index in [4.69, 9.17) is 27.9 Å². The van der Waals surface area contributed by atoms with Crippen LogP contribution in [0.3, 0.4) is 0 Å². The highest BCUT2D eigenvalue weighted by molar-refractivity contribution is 7.99. The smallest absolute Gasteiger partial charge is 0.234 e.